The van der Waals surface area contributed by atoms with E-state index in [-0.39, 0.29) is 5.91 Å². The number of carbonyl (C=O) groups is 1. The number of thiophene rings is 1. The maximum absolute atomic E-state index is 10.9. The number of primary amides is 1. The standard InChI is InChI=1S/C12H18N2OS/c13-12(15)10-5-11(16-8-10)7-14-6-9-3-1-2-4-9/h5,8-9,14H,1-4,6-7H2,(H2,13,15). The van der Waals surface area contributed by atoms with E-state index in [4.69, 9.17) is 5.73 Å². The van der Waals surface area contributed by atoms with Gasteiger partial charge in [-0.15, -0.1) is 11.3 Å². The third kappa shape index (κ3) is 3.06. The van der Waals surface area contributed by atoms with Crippen molar-refractivity contribution >= 4 is 17.2 Å². The summed E-state index contributed by atoms with van der Waals surface area (Å²) in [5.41, 5.74) is 5.83. The normalized spacial score (nSPS) is 16.8. The predicted molar refractivity (Wildman–Crippen MR) is 66.5 cm³/mol. The molecule has 1 aliphatic rings. The molecular formula is C12H18N2OS. The minimum Gasteiger partial charge on any atom is -0.366 e. The summed E-state index contributed by atoms with van der Waals surface area (Å²) in [5.74, 6) is 0.522. The van der Waals surface area contributed by atoms with Crippen LogP contribution in [0.1, 0.15) is 40.9 Å². The third-order valence-corrected chi connectivity index (χ3v) is 4.08. The van der Waals surface area contributed by atoms with Crippen LogP contribution in [0.15, 0.2) is 11.4 Å². The van der Waals surface area contributed by atoms with E-state index in [9.17, 15) is 4.79 Å². The summed E-state index contributed by atoms with van der Waals surface area (Å²) in [4.78, 5) is 12.1. The fourth-order valence-corrected chi connectivity index (χ4v) is 3.06. The molecule has 0 radical (unpaired) electrons. The van der Waals surface area contributed by atoms with Crippen LogP contribution in [-0.2, 0) is 6.54 Å². The summed E-state index contributed by atoms with van der Waals surface area (Å²) in [7, 11) is 0. The SMILES string of the molecule is NC(=O)c1csc(CNCC2CCCC2)c1. The van der Waals surface area contributed by atoms with Gasteiger partial charge in [-0.05, 0) is 31.4 Å². The van der Waals surface area contributed by atoms with Crippen LogP contribution < -0.4 is 11.1 Å². The van der Waals surface area contributed by atoms with Gasteiger partial charge >= 0.3 is 0 Å². The molecule has 0 spiro atoms. The Bertz CT molecular complexity index is 356. The van der Waals surface area contributed by atoms with Crippen molar-refractivity contribution in [2.24, 2.45) is 11.7 Å². The molecule has 3 nitrogen and oxygen atoms in total. The first-order chi connectivity index (χ1) is 7.75. The number of nitrogens with one attached hydrogen (secondary N) is 1. The number of hydrogen-bond acceptors (Lipinski definition) is 3. The van der Waals surface area contributed by atoms with Gasteiger partial charge in [0.05, 0.1) is 5.56 Å². The van der Waals surface area contributed by atoms with Gasteiger partial charge in [-0.2, -0.15) is 0 Å². The molecule has 1 amide bonds. The molecule has 3 N–H and O–H groups in total. The lowest BCUT2D eigenvalue weighted by atomic mass is 10.1. The number of amides is 1. The quantitative estimate of drug-likeness (QED) is 0.825. The molecule has 0 aromatic carbocycles. The average Bonchev–Trinajstić information content (AvgIpc) is 2.87. The van der Waals surface area contributed by atoms with Crippen molar-refractivity contribution in [3.63, 3.8) is 0 Å². The van der Waals surface area contributed by atoms with Crippen molar-refractivity contribution in [2.75, 3.05) is 6.54 Å². The summed E-state index contributed by atoms with van der Waals surface area (Å²) in [6.07, 6.45) is 5.50. The lowest BCUT2D eigenvalue weighted by Crippen LogP contribution is -2.20. The summed E-state index contributed by atoms with van der Waals surface area (Å²) in [6.45, 7) is 1.96. The lowest BCUT2D eigenvalue weighted by Gasteiger charge is -2.09. The molecule has 1 heterocycles. The average molecular weight is 238 g/mol. The maximum atomic E-state index is 10.9. The minimum absolute atomic E-state index is 0.335. The van der Waals surface area contributed by atoms with Crippen LogP contribution in [0.25, 0.3) is 0 Å². The van der Waals surface area contributed by atoms with Crippen LogP contribution in [0.4, 0.5) is 0 Å². The summed E-state index contributed by atoms with van der Waals surface area (Å²) >= 11 is 1.60. The van der Waals surface area contributed by atoms with E-state index in [1.54, 1.807) is 11.3 Å². The second kappa shape index (κ2) is 5.46. The number of carbonyl (C=O) groups excluding carboxylic acids is 1. The number of nitrogens with two attached hydrogens (primary N) is 1. The van der Waals surface area contributed by atoms with Crippen molar-refractivity contribution in [1.29, 1.82) is 0 Å². The Labute approximate surface area is 100 Å². The van der Waals surface area contributed by atoms with Crippen LogP contribution in [-0.4, -0.2) is 12.5 Å². The molecule has 1 fully saturated rings. The highest BCUT2D eigenvalue weighted by molar-refractivity contribution is 7.10. The zero-order valence-electron chi connectivity index (χ0n) is 9.37. The van der Waals surface area contributed by atoms with Gasteiger partial charge in [0.1, 0.15) is 0 Å². The summed E-state index contributed by atoms with van der Waals surface area (Å²) in [6, 6.07) is 1.88. The Balaban J connectivity index is 1.74. The number of hydrogen-bond donors (Lipinski definition) is 2. The van der Waals surface area contributed by atoms with Gasteiger partial charge in [0.2, 0.25) is 5.91 Å². The van der Waals surface area contributed by atoms with E-state index < -0.39 is 0 Å². The van der Waals surface area contributed by atoms with Crippen LogP contribution >= 0.6 is 11.3 Å². The summed E-state index contributed by atoms with van der Waals surface area (Å²) < 4.78 is 0. The van der Waals surface area contributed by atoms with Crippen molar-refractivity contribution in [1.82, 2.24) is 5.32 Å². The second-order valence-electron chi connectivity index (χ2n) is 4.45. The van der Waals surface area contributed by atoms with Gasteiger partial charge in [-0.25, -0.2) is 0 Å². The van der Waals surface area contributed by atoms with E-state index in [0.29, 0.717) is 5.56 Å². The molecule has 0 saturated heterocycles. The van der Waals surface area contributed by atoms with E-state index >= 15 is 0 Å². The van der Waals surface area contributed by atoms with E-state index in [1.165, 1.54) is 30.6 Å². The largest absolute Gasteiger partial charge is 0.366 e. The minimum atomic E-state index is -0.335. The van der Waals surface area contributed by atoms with Crippen molar-refractivity contribution in [2.45, 2.75) is 32.2 Å². The van der Waals surface area contributed by atoms with E-state index in [0.717, 1.165) is 19.0 Å². The van der Waals surface area contributed by atoms with Gasteiger partial charge in [0.15, 0.2) is 0 Å². The van der Waals surface area contributed by atoms with Crippen molar-refractivity contribution in [3.8, 4) is 0 Å². The Morgan fingerprint density at radius 3 is 2.88 bits per heavy atom. The van der Waals surface area contributed by atoms with Crippen LogP contribution in [0.3, 0.4) is 0 Å². The highest BCUT2D eigenvalue weighted by Crippen LogP contribution is 2.24. The zero-order chi connectivity index (χ0) is 11.4. The molecule has 16 heavy (non-hydrogen) atoms. The van der Waals surface area contributed by atoms with Gasteiger partial charge < -0.3 is 11.1 Å². The zero-order valence-corrected chi connectivity index (χ0v) is 10.2. The Morgan fingerprint density at radius 2 is 2.25 bits per heavy atom. The van der Waals surface area contributed by atoms with Crippen molar-refractivity contribution in [3.05, 3.63) is 21.9 Å². The molecule has 1 aromatic rings. The van der Waals surface area contributed by atoms with Gasteiger partial charge in [-0.1, -0.05) is 12.8 Å². The smallest absolute Gasteiger partial charge is 0.249 e. The fraction of sp³-hybridized carbons (Fsp3) is 0.583. The van der Waals surface area contributed by atoms with Gasteiger partial charge in [0, 0.05) is 16.8 Å². The Kier molecular flexibility index (Phi) is 3.96. The van der Waals surface area contributed by atoms with E-state index in [1.807, 2.05) is 11.4 Å². The van der Waals surface area contributed by atoms with Gasteiger partial charge in [0.25, 0.3) is 0 Å². The third-order valence-electron chi connectivity index (χ3n) is 3.15. The lowest BCUT2D eigenvalue weighted by molar-refractivity contribution is 0.100. The summed E-state index contributed by atoms with van der Waals surface area (Å²) in [5, 5.41) is 5.28. The molecule has 0 bridgehead atoms. The monoisotopic (exact) mass is 238 g/mol. The Hall–Kier alpha value is -0.870. The second-order valence-corrected chi connectivity index (χ2v) is 5.44. The predicted octanol–water partition coefficient (Wildman–Crippen LogP) is 2.13. The molecule has 4 heteroatoms. The molecule has 1 saturated carbocycles. The van der Waals surface area contributed by atoms with Crippen LogP contribution in [0.2, 0.25) is 0 Å². The molecule has 0 unspecified atom stereocenters. The number of rotatable bonds is 5. The first kappa shape index (κ1) is 11.6. The van der Waals surface area contributed by atoms with Crippen LogP contribution in [0.5, 0.6) is 0 Å². The first-order valence-electron chi connectivity index (χ1n) is 5.83. The molecule has 0 aliphatic heterocycles. The van der Waals surface area contributed by atoms with Crippen molar-refractivity contribution < 1.29 is 4.79 Å². The highest BCUT2D eigenvalue weighted by atomic mass is 32.1. The fourth-order valence-electron chi connectivity index (χ4n) is 2.22. The molecule has 88 valence electrons. The van der Waals surface area contributed by atoms with Gasteiger partial charge in [-0.3, -0.25) is 4.79 Å². The first-order valence-corrected chi connectivity index (χ1v) is 6.71. The Morgan fingerprint density at radius 1 is 1.50 bits per heavy atom. The molecule has 1 aliphatic carbocycles. The topological polar surface area (TPSA) is 55.1 Å². The molecule has 1 aromatic heterocycles. The van der Waals surface area contributed by atoms with Crippen LogP contribution in [0, 0.1) is 5.92 Å². The molecular weight excluding hydrogens is 220 g/mol. The molecule has 2 rings (SSSR count). The maximum Gasteiger partial charge on any atom is 0.249 e. The molecule has 0 atom stereocenters. The van der Waals surface area contributed by atoms with E-state index in [2.05, 4.69) is 5.32 Å². The highest BCUT2D eigenvalue weighted by Gasteiger charge is 2.14.